The highest BCUT2D eigenvalue weighted by molar-refractivity contribution is 5.42. The van der Waals surface area contributed by atoms with Gasteiger partial charge in [0, 0.05) is 11.9 Å². The Bertz CT molecular complexity index is 401. The van der Waals surface area contributed by atoms with Crippen LogP contribution in [0, 0.1) is 0 Å². The second-order valence-electron chi connectivity index (χ2n) is 2.75. The third-order valence-electron chi connectivity index (χ3n) is 1.87. The van der Waals surface area contributed by atoms with E-state index in [1.807, 2.05) is 41.1 Å². The van der Waals surface area contributed by atoms with E-state index in [0.29, 0.717) is 0 Å². The van der Waals surface area contributed by atoms with Crippen LogP contribution in [0.25, 0.3) is 11.8 Å². The van der Waals surface area contributed by atoms with Gasteiger partial charge in [0.25, 0.3) is 0 Å². The quantitative estimate of drug-likeness (QED) is 0.677. The highest BCUT2D eigenvalue weighted by Gasteiger charge is 1.95. The van der Waals surface area contributed by atoms with Crippen LogP contribution in [-0.2, 0) is 0 Å². The van der Waals surface area contributed by atoms with Crippen molar-refractivity contribution in [1.82, 2.24) is 9.55 Å². The van der Waals surface area contributed by atoms with Gasteiger partial charge in [0.05, 0.1) is 12.0 Å². The van der Waals surface area contributed by atoms with E-state index in [1.54, 1.807) is 12.4 Å². The highest BCUT2D eigenvalue weighted by atomic mass is 15.0. The molecule has 0 aliphatic rings. The molecule has 0 unspecified atom stereocenters. The van der Waals surface area contributed by atoms with Gasteiger partial charge in [-0.1, -0.05) is 24.8 Å². The van der Waals surface area contributed by atoms with Crippen LogP contribution in [0.15, 0.2) is 49.4 Å². The zero-order chi connectivity index (χ0) is 9.10. The first-order valence-electron chi connectivity index (χ1n) is 4.12. The zero-order valence-electron chi connectivity index (χ0n) is 7.22. The summed E-state index contributed by atoms with van der Waals surface area (Å²) in [6.07, 6.45) is 5.47. The van der Waals surface area contributed by atoms with Gasteiger partial charge in [-0.15, -0.1) is 0 Å². The number of para-hydroxylation sites is 1. The van der Waals surface area contributed by atoms with Gasteiger partial charge >= 0.3 is 0 Å². The van der Waals surface area contributed by atoms with E-state index in [9.17, 15) is 0 Å². The molecule has 2 heteroatoms. The van der Waals surface area contributed by atoms with Crippen molar-refractivity contribution in [3.8, 4) is 5.69 Å². The summed E-state index contributed by atoms with van der Waals surface area (Å²) in [5, 5.41) is 0. The first kappa shape index (κ1) is 7.80. The summed E-state index contributed by atoms with van der Waals surface area (Å²) < 4.78 is 1.97. The van der Waals surface area contributed by atoms with Crippen LogP contribution >= 0.6 is 0 Å². The molecule has 13 heavy (non-hydrogen) atoms. The Morgan fingerprint density at radius 3 is 2.62 bits per heavy atom. The van der Waals surface area contributed by atoms with Crippen molar-refractivity contribution < 1.29 is 0 Å². The SMILES string of the molecule is C=Cc1cn(-c2ccccc2)cn1. The molecule has 0 aliphatic carbocycles. The molecule has 1 heterocycles. The van der Waals surface area contributed by atoms with Crippen LogP contribution in [0.4, 0.5) is 0 Å². The Hall–Kier alpha value is -1.83. The van der Waals surface area contributed by atoms with Crippen LogP contribution in [0.2, 0.25) is 0 Å². The summed E-state index contributed by atoms with van der Waals surface area (Å²) >= 11 is 0. The topological polar surface area (TPSA) is 17.8 Å². The number of rotatable bonds is 2. The molecule has 0 N–H and O–H groups in total. The summed E-state index contributed by atoms with van der Waals surface area (Å²) in [5.41, 5.74) is 2.01. The number of hydrogen-bond acceptors (Lipinski definition) is 1. The Labute approximate surface area is 77.2 Å². The second-order valence-corrected chi connectivity index (χ2v) is 2.75. The van der Waals surface area contributed by atoms with Gasteiger partial charge in [0.2, 0.25) is 0 Å². The number of benzene rings is 1. The third kappa shape index (κ3) is 1.51. The molecule has 0 fully saturated rings. The monoisotopic (exact) mass is 170 g/mol. The van der Waals surface area contributed by atoms with Crippen molar-refractivity contribution in [2.45, 2.75) is 0 Å². The Kier molecular flexibility index (Phi) is 1.96. The average Bonchev–Trinajstić information content (AvgIpc) is 2.67. The van der Waals surface area contributed by atoms with Crippen molar-refractivity contribution in [1.29, 1.82) is 0 Å². The predicted molar refractivity (Wildman–Crippen MR) is 53.7 cm³/mol. The molecule has 0 aliphatic heterocycles. The van der Waals surface area contributed by atoms with Crippen LogP contribution < -0.4 is 0 Å². The maximum atomic E-state index is 4.16. The van der Waals surface area contributed by atoms with Crippen molar-refractivity contribution in [2.75, 3.05) is 0 Å². The summed E-state index contributed by atoms with van der Waals surface area (Å²) in [5.74, 6) is 0. The van der Waals surface area contributed by atoms with Crippen LogP contribution in [0.1, 0.15) is 5.69 Å². The van der Waals surface area contributed by atoms with Crippen LogP contribution in [0.5, 0.6) is 0 Å². The summed E-state index contributed by atoms with van der Waals surface area (Å²) in [7, 11) is 0. The van der Waals surface area contributed by atoms with Gasteiger partial charge in [-0.3, -0.25) is 0 Å². The van der Waals surface area contributed by atoms with Gasteiger partial charge in [0.15, 0.2) is 0 Å². The van der Waals surface area contributed by atoms with E-state index in [-0.39, 0.29) is 0 Å². The summed E-state index contributed by atoms with van der Waals surface area (Å²) in [4.78, 5) is 4.16. The summed E-state index contributed by atoms with van der Waals surface area (Å²) in [6.45, 7) is 3.66. The average molecular weight is 170 g/mol. The molecule has 1 aromatic carbocycles. The molecule has 0 atom stereocenters. The molecule has 0 saturated carbocycles. The molecular formula is C11H10N2. The van der Waals surface area contributed by atoms with Crippen LogP contribution in [0.3, 0.4) is 0 Å². The van der Waals surface area contributed by atoms with E-state index >= 15 is 0 Å². The molecule has 0 saturated heterocycles. The first-order chi connectivity index (χ1) is 6.40. The number of aromatic nitrogens is 2. The lowest BCUT2D eigenvalue weighted by Gasteiger charge is -1.98. The van der Waals surface area contributed by atoms with E-state index in [4.69, 9.17) is 0 Å². The number of imidazole rings is 1. The lowest BCUT2D eigenvalue weighted by atomic mass is 10.3. The lowest BCUT2D eigenvalue weighted by Crippen LogP contribution is -1.87. The lowest BCUT2D eigenvalue weighted by molar-refractivity contribution is 1.06. The van der Waals surface area contributed by atoms with E-state index in [1.165, 1.54) is 0 Å². The standard InChI is InChI=1S/C11H10N2/c1-2-10-8-13(9-12-10)11-6-4-3-5-7-11/h2-9H,1H2. The van der Waals surface area contributed by atoms with Gasteiger partial charge in [-0.2, -0.15) is 0 Å². The molecule has 1 aromatic heterocycles. The fraction of sp³-hybridized carbons (Fsp3) is 0. The minimum absolute atomic E-state index is 0.892. The Balaban J connectivity index is 2.41. The van der Waals surface area contributed by atoms with Crippen molar-refractivity contribution in [3.05, 3.63) is 55.1 Å². The fourth-order valence-corrected chi connectivity index (χ4v) is 1.18. The van der Waals surface area contributed by atoms with Crippen molar-refractivity contribution in [3.63, 3.8) is 0 Å². The summed E-state index contributed by atoms with van der Waals surface area (Å²) in [6, 6.07) is 10.1. The largest absolute Gasteiger partial charge is 0.306 e. The second kappa shape index (κ2) is 3.27. The fourth-order valence-electron chi connectivity index (χ4n) is 1.18. The van der Waals surface area contributed by atoms with Gasteiger partial charge in [-0.25, -0.2) is 4.98 Å². The van der Waals surface area contributed by atoms with Gasteiger partial charge in [-0.05, 0) is 18.2 Å². The molecule has 2 nitrogen and oxygen atoms in total. The van der Waals surface area contributed by atoms with Crippen LogP contribution in [-0.4, -0.2) is 9.55 Å². The maximum absolute atomic E-state index is 4.16. The molecule has 0 spiro atoms. The number of hydrogen-bond donors (Lipinski definition) is 0. The van der Waals surface area contributed by atoms with E-state index < -0.39 is 0 Å². The Morgan fingerprint density at radius 1 is 1.23 bits per heavy atom. The molecule has 64 valence electrons. The molecule has 2 aromatic rings. The predicted octanol–water partition coefficient (Wildman–Crippen LogP) is 2.52. The normalized spacial score (nSPS) is 9.85. The van der Waals surface area contributed by atoms with E-state index in [0.717, 1.165) is 11.4 Å². The minimum atomic E-state index is 0.892. The van der Waals surface area contributed by atoms with E-state index in [2.05, 4.69) is 11.6 Å². The molecule has 0 bridgehead atoms. The third-order valence-corrected chi connectivity index (χ3v) is 1.87. The first-order valence-corrected chi connectivity index (χ1v) is 4.12. The van der Waals surface area contributed by atoms with Gasteiger partial charge in [0.1, 0.15) is 0 Å². The molecule has 0 amide bonds. The highest BCUT2D eigenvalue weighted by Crippen LogP contribution is 2.07. The zero-order valence-corrected chi connectivity index (χ0v) is 7.22. The minimum Gasteiger partial charge on any atom is -0.306 e. The Morgan fingerprint density at radius 2 is 2.00 bits per heavy atom. The van der Waals surface area contributed by atoms with Gasteiger partial charge < -0.3 is 4.57 Å². The molecule has 2 rings (SSSR count). The van der Waals surface area contributed by atoms with Crippen molar-refractivity contribution >= 4 is 6.08 Å². The number of nitrogens with zero attached hydrogens (tertiary/aromatic N) is 2. The molecular weight excluding hydrogens is 160 g/mol. The van der Waals surface area contributed by atoms with Crippen molar-refractivity contribution in [2.24, 2.45) is 0 Å². The maximum Gasteiger partial charge on any atom is 0.0999 e. The molecule has 0 radical (unpaired) electrons. The smallest absolute Gasteiger partial charge is 0.0999 e.